The van der Waals surface area contributed by atoms with E-state index >= 15 is 0 Å². The molecule has 3 heteroatoms. The minimum absolute atomic E-state index is 0.159. The summed E-state index contributed by atoms with van der Waals surface area (Å²) in [6.45, 7) is 5.34. The topological polar surface area (TPSA) is 40.5 Å². The predicted octanol–water partition coefficient (Wildman–Crippen LogP) is 3.76. The third-order valence-electron chi connectivity index (χ3n) is 4.36. The lowest BCUT2D eigenvalue weighted by molar-refractivity contribution is -0.139. The molecule has 21 heavy (non-hydrogen) atoms. The maximum Gasteiger partial charge on any atom is 0.317 e. The molecule has 0 radical (unpaired) electrons. The van der Waals surface area contributed by atoms with E-state index in [1.54, 1.807) is 0 Å². The molecule has 1 N–H and O–H groups in total. The molecule has 0 spiro atoms. The molecule has 0 aromatic heterocycles. The highest BCUT2D eigenvalue weighted by Crippen LogP contribution is 2.36. The van der Waals surface area contributed by atoms with Gasteiger partial charge in [-0.3, -0.25) is 9.69 Å². The van der Waals surface area contributed by atoms with Crippen LogP contribution in [0, 0.1) is 5.92 Å². The molecule has 0 bridgehead atoms. The van der Waals surface area contributed by atoms with Crippen molar-refractivity contribution in [2.24, 2.45) is 5.92 Å². The Morgan fingerprint density at radius 2 is 1.90 bits per heavy atom. The van der Waals surface area contributed by atoms with Gasteiger partial charge in [-0.25, -0.2) is 0 Å². The van der Waals surface area contributed by atoms with Crippen LogP contribution in [0.25, 0.3) is 0 Å². The normalized spacial score (nSPS) is 22.7. The van der Waals surface area contributed by atoms with Crippen LogP contribution in [0.4, 0.5) is 0 Å². The van der Waals surface area contributed by atoms with E-state index in [1.165, 1.54) is 24.8 Å². The third kappa shape index (κ3) is 4.57. The second kappa shape index (κ2) is 7.60. The number of carboxylic acids is 1. The fraction of sp³-hybridized carbons (Fsp3) is 0.611. The first-order chi connectivity index (χ1) is 10.1. The van der Waals surface area contributed by atoms with Gasteiger partial charge in [-0.1, -0.05) is 57.0 Å². The summed E-state index contributed by atoms with van der Waals surface area (Å²) < 4.78 is 0. The van der Waals surface area contributed by atoms with Crippen LogP contribution in [0.2, 0.25) is 0 Å². The summed E-state index contributed by atoms with van der Waals surface area (Å²) in [5.74, 6) is 0.244. The number of carboxylic acid groups (broad SMARTS) is 1. The number of rotatable bonds is 6. The van der Waals surface area contributed by atoms with E-state index < -0.39 is 5.97 Å². The highest BCUT2D eigenvalue weighted by atomic mass is 16.4. The fourth-order valence-electron chi connectivity index (χ4n) is 3.60. The molecular formula is C18H27NO2. The zero-order valence-electron chi connectivity index (χ0n) is 13.2. The number of carbonyl (C=O) groups is 1. The molecule has 1 saturated carbocycles. The molecule has 1 aromatic carbocycles. The Kier molecular flexibility index (Phi) is 5.80. The van der Waals surface area contributed by atoms with E-state index in [2.05, 4.69) is 43.0 Å². The predicted molar refractivity (Wildman–Crippen MR) is 85.5 cm³/mol. The molecular weight excluding hydrogens is 262 g/mol. The molecule has 2 rings (SSSR count). The zero-order chi connectivity index (χ0) is 15.2. The van der Waals surface area contributed by atoms with Crippen LogP contribution >= 0.6 is 0 Å². The van der Waals surface area contributed by atoms with Crippen molar-refractivity contribution in [3.63, 3.8) is 0 Å². The summed E-state index contributed by atoms with van der Waals surface area (Å²) in [4.78, 5) is 13.4. The summed E-state index contributed by atoms with van der Waals surface area (Å²) in [6.07, 6.45) is 4.74. The van der Waals surface area contributed by atoms with Crippen molar-refractivity contribution < 1.29 is 9.90 Å². The Morgan fingerprint density at radius 1 is 1.24 bits per heavy atom. The SMILES string of the molecule is CC(C)CN(CC(=O)O)C1CCCCC1c1ccccc1. The first kappa shape index (κ1) is 16.0. The second-order valence-electron chi connectivity index (χ2n) is 6.59. The Bertz CT molecular complexity index is 444. The van der Waals surface area contributed by atoms with Crippen molar-refractivity contribution in [3.8, 4) is 0 Å². The van der Waals surface area contributed by atoms with Crippen LogP contribution in [-0.2, 0) is 4.79 Å². The van der Waals surface area contributed by atoms with Gasteiger partial charge in [0.2, 0.25) is 0 Å². The van der Waals surface area contributed by atoms with Gasteiger partial charge in [-0.15, -0.1) is 0 Å². The lowest BCUT2D eigenvalue weighted by Crippen LogP contribution is -2.45. The highest BCUT2D eigenvalue weighted by Gasteiger charge is 2.32. The average molecular weight is 289 g/mol. The van der Waals surface area contributed by atoms with Gasteiger partial charge < -0.3 is 5.11 Å². The monoisotopic (exact) mass is 289 g/mol. The van der Waals surface area contributed by atoms with Crippen LogP contribution in [0.15, 0.2) is 30.3 Å². The minimum atomic E-state index is -0.715. The van der Waals surface area contributed by atoms with E-state index in [0.717, 1.165) is 13.0 Å². The van der Waals surface area contributed by atoms with Crippen LogP contribution < -0.4 is 0 Å². The average Bonchev–Trinajstić information content (AvgIpc) is 2.46. The van der Waals surface area contributed by atoms with E-state index in [1.807, 2.05) is 6.07 Å². The molecule has 2 unspecified atom stereocenters. The number of benzene rings is 1. The Labute approximate surface area is 128 Å². The van der Waals surface area contributed by atoms with E-state index in [0.29, 0.717) is 17.9 Å². The van der Waals surface area contributed by atoms with Gasteiger partial charge in [0.05, 0.1) is 6.54 Å². The van der Waals surface area contributed by atoms with Gasteiger partial charge in [0, 0.05) is 12.6 Å². The largest absolute Gasteiger partial charge is 0.480 e. The van der Waals surface area contributed by atoms with Crippen molar-refractivity contribution in [2.75, 3.05) is 13.1 Å². The van der Waals surface area contributed by atoms with Crippen LogP contribution in [0.3, 0.4) is 0 Å². The van der Waals surface area contributed by atoms with Gasteiger partial charge in [0.15, 0.2) is 0 Å². The molecule has 0 aliphatic heterocycles. The number of aliphatic carboxylic acids is 1. The van der Waals surface area contributed by atoms with Gasteiger partial charge in [0.25, 0.3) is 0 Å². The van der Waals surface area contributed by atoms with Gasteiger partial charge >= 0.3 is 5.97 Å². The number of hydrogen-bond donors (Lipinski definition) is 1. The van der Waals surface area contributed by atoms with Crippen molar-refractivity contribution in [1.29, 1.82) is 0 Å². The van der Waals surface area contributed by atoms with Crippen molar-refractivity contribution >= 4 is 5.97 Å². The van der Waals surface area contributed by atoms with E-state index in [9.17, 15) is 9.90 Å². The van der Waals surface area contributed by atoms with Crippen molar-refractivity contribution in [1.82, 2.24) is 4.90 Å². The molecule has 0 saturated heterocycles. The molecule has 1 aliphatic rings. The summed E-state index contributed by atoms with van der Waals surface area (Å²) in [6, 6.07) is 11.0. The van der Waals surface area contributed by atoms with Crippen molar-refractivity contribution in [3.05, 3.63) is 35.9 Å². The van der Waals surface area contributed by atoms with Gasteiger partial charge in [0.1, 0.15) is 0 Å². The fourth-order valence-corrected chi connectivity index (χ4v) is 3.60. The van der Waals surface area contributed by atoms with Gasteiger partial charge in [-0.2, -0.15) is 0 Å². The Morgan fingerprint density at radius 3 is 2.52 bits per heavy atom. The Balaban J connectivity index is 2.20. The quantitative estimate of drug-likeness (QED) is 0.867. The standard InChI is InChI=1S/C18H27NO2/c1-14(2)12-19(13-18(20)21)17-11-7-6-10-16(17)15-8-4-3-5-9-15/h3-5,8-9,14,16-17H,6-7,10-13H2,1-2H3,(H,20,21). The third-order valence-corrected chi connectivity index (χ3v) is 4.36. The molecule has 1 aromatic rings. The maximum absolute atomic E-state index is 11.2. The lowest BCUT2D eigenvalue weighted by Gasteiger charge is -2.40. The molecule has 2 atom stereocenters. The second-order valence-corrected chi connectivity index (χ2v) is 6.59. The molecule has 116 valence electrons. The smallest absolute Gasteiger partial charge is 0.317 e. The first-order valence-electron chi connectivity index (χ1n) is 8.08. The van der Waals surface area contributed by atoms with Crippen LogP contribution in [-0.4, -0.2) is 35.1 Å². The van der Waals surface area contributed by atoms with E-state index in [4.69, 9.17) is 0 Å². The number of hydrogen-bond acceptors (Lipinski definition) is 2. The van der Waals surface area contributed by atoms with Crippen LogP contribution in [0.5, 0.6) is 0 Å². The highest BCUT2D eigenvalue weighted by molar-refractivity contribution is 5.69. The molecule has 3 nitrogen and oxygen atoms in total. The molecule has 1 aliphatic carbocycles. The van der Waals surface area contributed by atoms with Crippen molar-refractivity contribution in [2.45, 2.75) is 51.5 Å². The molecule has 1 fully saturated rings. The summed E-state index contributed by atoms with van der Waals surface area (Å²) in [5.41, 5.74) is 1.36. The maximum atomic E-state index is 11.2. The minimum Gasteiger partial charge on any atom is -0.480 e. The summed E-state index contributed by atoms with van der Waals surface area (Å²) in [7, 11) is 0. The molecule has 0 heterocycles. The molecule has 0 amide bonds. The zero-order valence-corrected chi connectivity index (χ0v) is 13.2. The lowest BCUT2D eigenvalue weighted by atomic mass is 9.79. The Hall–Kier alpha value is -1.35. The van der Waals surface area contributed by atoms with E-state index in [-0.39, 0.29) is 6.54 Å². The van der Waals surface area contributed by atoms with Crippen LogP contribution in [0.1, 0.15) is 51.0 Å². The summed E-state index contributed by atoms with van der Waals surface area (Å²) >= 11 is 0. The number of nitrogens with zero attached hydrogens (tertiary/aromatic N) is 1. The van der Waals surface area contributed by atoms with Gasteiger partial charge in [-0.05, 0) is 30.2 Å². The summed E-state index contributed by atoms with van der Waals surface area (Å²) in [5, 5.41) is 9.24. The first-order valence-corrected chi connectivity index (χ1v) is 8.08.